The Kier molecular flexibility index (Phi) is 7.54. The number of allylic oxidation sites excluding steroid dienone is 3. The first-order chi connectivity index (χ1) is 11.0. The summed E-state index contributed by atoms with van der Waals surface area (Å²) in [4.78, 5) is 12.8. The second kappa shape index (κ2) is 9.15. The van der Waals surface area contributed by atoms with E-state index in [0.717, 1.165) is 6.07 Å². The molecule has 0 unspecified atom stereocenters. The molecule has 0 aliphatic heterocycles. The van der Waals surface area contributed by atoms with E-state index >= 15 is 0 Å². The van der Waals surface area contributed by atoms with Crippen molar-refractivity contribution in [1.82, 2.24) is 0 Å². The summed E-state index contributed by atoms with van der Waals surface area (Å²) in [5.74, 6) is -2.99. The normalized spacial score (nSPS) is 11.0. The Morgan fingerprint density at radius 1 is 1.39 bits per heavy atom. The van der Waals surface area contributed by atoms with Crippen molar-refractivity contribution in [2.45, 2.75) is 12.7 Å². The summed E-state index contributed by atoms with van der Waals surface area (Å²) in [6, 6.07) is 0.837. The lowest BCUT2D eigenvalue weighted by Gasteiger charge is -2.14. The Bertz CT molecular complexity index is 639. The van der Waals surface area contributed by atoms with Gasteiger partial charge < -0.3 is 9.47 Å². The van der Waals surface area contributed by atoms with Crippen LogP contribution in [-0.4, -0.2) is 19.7 Å². The molecule has 0 saturated carbocycles. The van der Waals surface area contributed by atoms with Gasteiger partial charge in [0.15, 0.2) is 11.6 Å². The maximum atomic E-state index is 14.2. The largest absolute Gasteiger partial charge is 0.496 e. The van der Waals surface area contributed by atoms with E-state index in [-0.39, 0.29) is 29.2 Å². The van der Waals surface area contributed by atoms with E-state index < -0.39 is 17.6 Å². The van der Waals surface area contributed by atoms with E-state index in [1.807, 2.05) is 0 Å². The molecular formula is C17H18F2O3S. The third-order valence-electron chi connectivity index (χ3n) is 2.85. The van der Waals surface area contributed by atoms with Gasteiger partial charge in [0.1, 0.15) is 11.3 Å². The lowest BCUT2D eigenvalue weighted by molar-refractivity contribution is 0.0521. The molecule has 1 aromatic carbocycles. The van der Waals surface area contributed by atoms with Crippen molar-refractivity contribution < 1.29 is 23.0 Å². The van der Waals surface area contributed by atoms with Gasteiger partial charge in [-0.1, -0.05) is 25.3 Å². The molecule has 0 aliphatic rings. The molecule has 0 N–H and O–H groups in total. The van der Waals surface area contributed by atoms with Crippen LogP contribution < -0.4 is 4.74 Å². The summed E-state index contributed by atoms with van der Waals surface area (Å²) in [6.45, 7) is 8.94. The first-order valence-electron chi connectivity index (χ1n) is 6.80. The first-order valence-corrected chi connectivity index (χ1v) is 7.78. The minimum Gasteiger partial charge on any atom is -0.496 e. The van der Waals surface area contributed by atoms with E-state index in [2.05, 4.69) is 13.2 Å². The zero-order valence-corrected chi connectivity index (χ0v) is 13.8. The van der Waals surface area contributed by atoms with E-state index in [1.54, 1.807) is 25.2 Å². The molecule has 0 saturated heterocycles. The number of hydrogen-bond donors (Lipinski definition) is 0. The molecule has 0 heterocycles. The Hall–Kier alpha value is -2.08. The van der Waals surface area contributed by atoms with Gasteiger partial charge in [0.2, 0.25) is 0 Å². The zero-order valence-electron chi connectivity index (χ0n) is 13.0. The van der Waals surface area contributed by atoms with Crippen LogP contribution in [0.25, 0.3) is 0 Å². The predicted molar refractivity (Wildman–Crippen MR) is 88.6 cm³/mol. The fraction of sp³-hybridized carbons (Fsp3) is 0.235. The minimum atomic E-state index is -1.09. The van der Waals surface area contributed by atoms with Crippen LogP contribution in [0.15, 0.2) is 42.4 Å². The summed E-state index contributed by atoms with van der Waals surface area (Å²) in [7, 11) is 1.28. The van der Waals surface area contributed by atoms with E-state index in [9.17, 15) is 13.6 Å². The molecule has 0 aliphatic carbocycles. The van der Waals surface area contributed by atoms with Crippen molar-refractivity contribution >= 4 is 17.7 Å². The van der Waals surface area contributed by atoms with Crippen molar-refractivity contribution in [2.75, 3.05) is 13.7 Å². The van der Waals surface area contributed by atoms with Gasteiger partial charge in [-0.3, -0.25) is 0 Å². The van der Waals surface area contributed by atoms with Gasteiger partial charge >= 0.3 is 5.97 Å². The number of halogens is 2. The van der Waals surface area contributed by atoms with Gasteiger partial charge in [-0.25, -0.2) is 13.6 Å². The number of rotatable bonds is 8. The Labute approximate surface area is 138 Å². The summed E-state index contributed by atoms with van der Waals surface area (Å²) < 4.78 is 37.9. The Morgan fingerprint density at radius 2 is 2.09 bits per heavy atom. The van der Waals surface area contributed by atoms with Crippen LogP contribution in [0.4, 0.5) is 8.78 Å². The molecule has 3 nitrogen and oxygen atoms in total. The standard InChI is InChI=1S/C17H18F2O3S/c1-5-8-11(6-2)23-10-12-15(17(20)22-7-3)14(21-4)9-13(18)16(12)19/h5-6,8-9H,1-2,7,10H2,3-4H3/b11-8+. The number of ether oxygens (including phenoxy) is 2. The van der Waals surface area contributed by atoms with Gasteiger partial charge in [-0.2, -0.15) is 0 Å². The molecule has 23 heavy (non-hydrogen) atoms. The molecule has 0 fully saturated rings. The summed E-state index contributed by atoms with van der Waals surface area (Å²) in [6.07, 6.45) is 4.79. The topological polar surface area (TPSA) is 35.5 Å². The number of esters is 1. The van der Waals surface area contributed by atoms with Crippen molar-refractivity contribution in [3.05, 3.63) is 65.1 Å². The van der Waals surface area contributed by atoms with Crippen molar-refractivity contribution in [3.8, 4) is 5.75 Å². The Balaban J connectivity index is 3.34. The van der Waals surface area contributed by atoms with Gasteiger partial charge in [-0.15, -0.1) is 11.8 Å². The van der Waals surface area contributed by atoms with Gasteiger partial charge in [0.05, 0.1) is 13.7 Å². The lowest BCUT2D eigenvalue weighted by Crippen LogP contribution is -2.12. The molecule has 0 atom stereocenters. The summed E-state index contributed by atoms with van der Waals surface area (Å²) >= 11 is 1.19. The first kappa shape index (κ1) is 19.0. The smallest absolute Gasteiger partial charge is 0.342 e. The fourth-order valence-corrected chi connectivity index (χ4v) is 2.72. The molecule has 6 heteroatoms. The fourth-order valence-electron chi connectivity index (χ4n) is 1.82. The second-order valence-corrected chi connectivity index (χ2v) is 5.29. The molecular weight excluding hydrogens is 322 g/mol. The van der Waals surface area contributed by atoms with E-state index in [4.69, 9.17) is 9.47 Å². The number of carbonyl (C=O) groups excluding carboxylic acids is 1. The van der Waals surface area contributed by atoms with E-state index in [0.29, 0.717) is 4.91 Å². The Morgan fingerprint density at radius 3 is 2.61 bits per heavy atom. The van der Waals surface area contributed by atoms with Gasteiger partial charge in [-0.05, 0) is 13.0 Å². The van der Waals surface area contributed by atoms with Crippen LogP contribution in [0.1, 0.15) is 22.8 Å². The highest BCUT2D eigenvalue weighted by Gasteiger charge is 2.25. The average molecular weight is 340 g/mol. The van der Waals surface area contributed by atoms with Crippen LogP contribution >= 0.6 is 11.8 Å². The predicted octanol–water partition coefficient (Wildman–Crippen LogP) is 4.64. The molecule has 124 valence electrons. The minimum absolute atomic E-state index is 0.0137. The number of hydrogen-bond acceptors (Lipinski definition) is 4. The average Bonchev–Trinajstić information content (AvgIpc) is 2.54. The number of methoxy groups -OCH3 is 1. The van der Waals surface area contributed by atoms with Crippen LogP contribution in [0.5, 0.6) is 5.75 Å². The highest BCUT2D eigenvalue weighted by Crippen LogP contribution is 2.33. The molecule has 0 spiro atoms. The third kappa shape index (κ3) is 4.69. The molecule has 0 radical (unpaired) electrons. The van der Waals surface area contributed by atoms with Crippen LogP contribution in [-0.2, 0) is 10.5 Å². The monoisotopic (exact) mass is 340 g/mol. The maximum Gasteiger partial charge on any atom is 0.342 e. The molecule has 1 rings (SSSR count). The summed E-state index contributed by atoms with van der Waals surface area (Å²) in [5.41, 5.74) is -0.218. The van der Waals surface area contributed by atoms with Crippen LogP contribution in [0.2, 0.25) is 0 Å². The van der Waals surface area contributed by atoms with Gasteiger partial charge in [0, 0.05) is 22.3 Å². The lowest BCUT2D eigenvalue weighted by atomic mass is 10.1. The van der Waals surface area contributed by atoms with Crippen LogP contribution in [0.3, 0.4) is 0 Å². The number of carbonyl (C=O) groups is 1. The zero-order chi connectivity index (χ0) is 17.4. The third-order valence-corrected chi connectivity index (χ3v) is 3.92. The molecule has 0 amide bonds. The molecule has 0 aromatic heterocycles. The summed E-state index contributed by atoms with van der Waals surface area (Å²) in [5, 5.41) is 0. The maximum absolute atomic E-state index is 14.2. The number of thioether (sulfide) groups is 1. The highest BCUT2D eigenvalue weighted by molar-refractivity contribution is 8.02. The van der Waals surface area contributed by atoms with Gasteiger partial charge in [0.25, 0.3) is 0 Å². The quantitative estimate of drug-likeness (QED) is 0.510. The number of benzene rings is 1. The van der Waals surface area contributed by atoms with Crippen molar-refractivity contribution in [2.24, 2.45) is 0 Å². The van der Waals surface area contributed by atoms with Crippen LogP contribution in [0, 0.1) is 11.6 Å². The van der Waals surface area contributed by atoms with Crippen molar-refractivity contribution in [1.29, 1.82) is 0 Å². The molecule has 0 bridgehead atoms. The van der Waals surface area contributed by atoms with Crippen molar-refractivity contribution in [3.63, 3.8) is 0 Å². The van der Waals surface area contributed by atoms with E-state index in [1.165, 1.54) is 18.9 Å². The molecule has 1 aromatic rings. The SMILES string of the molecule is C=C/C=C(\C=C)SCc1c(F)c(F)cc(OC)c1C(=O)OCC. The second-order valence-electron chi connectivity index (χ2n) is 4.25. The highest BCUT2D eigenvalue weighted by atomic mass is 32.2.